The highest BCUT2D eigenvalue weighted by Gasteiger charge is 2.40. The Bertz CT molecular complexity index is 829. The Morgan fingerprint density at radius 1 is 1.00 bits per heavy atom. The number of benzene rings is 2. The maximum atomic E-state index is 13.0. The Labute approximate surface area is 157 Å². The second kappa shape index (κ2) is 8.03. The molecule has 0 bridgehead atoms. The molecular weight excluding hydrogens is 344 g/mol. The molecule has 27 heavy (non-hydrogen) atoms. The third-order valence-electron chi connectivity index (χ3n) is 4.70. The molecule has 0 spiro atoms. The van der Waals surface area contributed by atoms with Crippen LogP contribution in [0.3, 0.4) is 0 Å². The van der Waals surface area contributed by atoms with E-state index in [2.05, 4.69) is 0 Å². The second-order valence-electron chi connectivity index (χ2n) is 6.75. The SMILES string of the molecule is NC(=O)CC[C@@H](C(=O)O)N(C(=O)c1ccc(-c2ccccc2)cc1)C1CC1. The summed E-state index contributed by atoms with van der Waals surface area (Å²) in [7, 11) is 0. The monoisotopic (exact) mass is 366 g/mol. The van der Waals surface area contributed by atoms with Gasteiger partial charge in [-0.05, 0) is 42.5 Å². The van der Waals surface area contributed by atoms with E-state index in [9.17, 15) is 19.5 Å². The number of amides is 2. The van der Waals surface area contributed by atoms with Crippen molar-refractivity contribution in [3.63, 3.8) is 0 Å². The highest BCUT2D eigenvalue weighted by molar-refractivity contribution is 5.97. The topological polar surface area (TPSA) is 101 Å². The smallest absolute Gasteiger partial charge is 0.326 e. The number of hydrogen-bond acceptors (Lipinski definition) is 3. The second-order valence-corrected chi connectivity index (χ2v) is 6.75. The van der Waals surface area contributed by atoms with Crippen LogP contribution in [0.15, 0.2) is 54.6 Å². The number of carbonyl (C=O) groups is 3. The van der Waals surface area contributed by atoms with Crippen molar-refractivity contribution in [2.45, 2.75) is 37.8 Å². The lowest BCUT2D eigenvalue weighted by atomic mass is 10.0. The van der Waals surface area contributed by atoms with E-state index in [0.717, 1.165) is 24.0 Å². The minimum Gasteiger partial charge on any atom is -0.480 e. The van der Waals surface area contributed by atoms with E-state index >= 15 is 0 Å². The summed E-state index contributed by atoms with van der Waals surface area (Å²) in [6.07, 6.45) is 1.50. The lowest BCUT2D eigenvalue weighted by Crippen LogP contribution is -2.47. The van der Waals surface area contributed by atoms with Gasteiger partial charge in [-0.3, -0.25) is 9.59 Å². The minimum atomic E-state index is -1.11. The highest BCUT2D eigenvalue weighted by Crippen LogP contribution is 2.32. The minimum absolute atomic E-state index is 0.0228. The number of nitrogens with zero attached hydrogens (tertiary/aromatic N) is 1. The van der Waals surface area contributed by atoms with E-state index in [1.165, 1.54) is 4.90 Å². The number of carboxylic acid groups (broad SMARTS) is 1. The summed E-state index contributed by atoms with van der Waals surface area (Å²) in [6.45, 7) is 0. The van der Waals surface area contributed by atoms with Crippen LogP contribution in [0, 0.1) is 0 Å². The first-order valence-electron chi connectivity index (χ1n) is 8.96. The van der Waals surface area contributed by atoms with Crippen molar-refractivity contribution in [1.82, 2.24) is 4.90 Å². The van der Waals surface area contributed by atoms with Crippen LogP contribution in [0.25, 0.3) is 11.1 Å². The van der Waals surface area contributed by atoms with Crippen molar-refractivity contribution in [1.29, 1.82) is 0 Å². The van der Waals surface area contributed by atoms with Gasteiger partial charge < -0.3 is 15.7 Å². The maximum absolute atomic E-state index is 13.0. The van der Waals surface area contributed by atoms with E-state index in [1.54, 1.807) is 12.1 Å². The molecule has 140 valence electrons. The average molecular weight is 366 g/mol. The molecule has 0 aromatic heterocycles. The standard InChI is InChI=1S/C21H22N2O4/c22-19(24)13-12-18(21(26)27)23(17-10-11-17)20(25)16-8-6-15(7-9-16)14-4-2-1-3-5-14/h1-9,17-18H,10-13H2,(H2,22,24)(H,26,27)/t18-/m0/s1. The fourth-order valence-corrected chi connectivity index (χ4v) is 3.16. The number of primary amides is 1. The molecule has 1 aliphatic rings. The zero-order valence-corrected chi connectivity index (χ0v) is 14.9. The molecule has 2 amide bonds. The van der Waals surface area contributed by atoms with Gasteiger partial charge in [0.25, 0.3) is 5.91 Å². The van der Waals surface area contributed by atoms with Crippen molar-refractivity contribution in [2.75, 3.05) is 0 Å². The molecule has 0 radical (unpaired) electrons. The predicted octanol–water partition coefficient (Wildman–Crippen LogP) is 2.68. The van der Waals surface area contributed by atoms with Crippen LogP contribution in [0.1, 0.15) is 36.0 Å². The van der Waals surface area contributed by atoms with E-state index in [1.807, 2.05) is 42.5 Å². The lowest BCUT2D eigenvalue weighted by molar-refractivity contribution is -0.143. The van der Waals surface area contributed by atoms with Crippen LogP contribution in [0.2, 0.25) is 0 Å². The summed E-state index contributed by atoms with van der Waals surface area (Å²) in [6, 6.07) is 15.8. The molecule has 6 heteroatoms. The molecule has 3 N–H and O–H groups in total. The largest absolute Gasteiger partial charge is 0.480 e. The normalized spacial score (nSPS) is 14.4. The molecule has 1 saturated carbocycles. The maximum Gasteiger partial charge on any atom is 0.326 e. The fourth-order valence-electron chi connectivity index (χ4n) is 3.16. The zero-order valence-electron chi connectivity index (χ0n) is 14.9. The van der Waals surface area contributed by atoms with Crippen molar-refractivity contribution >= 4 is 17.8 Å². The Morgan fingerprint density at radius 2 is 1.59 bits per heavy atom. The molecule has 6 nitrogen and oxygen atoms in total. The van der Waals surface area contributed by atoms with E-state index < -0.39 is 17.9 Å². The Hall–Kier alpha value is -3.15. The zero-order chi connectivity index (χ0) is 19.4. The van der Waals surface area contributed by atoms with E-state index in [0.29, 0.717) is 5.56 Å². The number of nitrogens with two attached hydrogens (primary N) is 1. The van der Waals surface area contributed by atoms with Gasteiger partial charge in [0.1, 0.15) is 6.04 Å². The van der Waals surface area contributed by atoms with Crippen LogP contribution >= 0.6 is 0 Å². The van der Waals surface area contributed by atoms with Crippen LogP contribution in [-0.2, 0) is 9.59 Å². The average Bonchev–Trinajstić information content (AvgIpc) is 3.50. The van der Waals surface area contributed by atoms with Crippen molar-refractivity contribution in [3.8, 4) is 11.1 Å². The van der Waals surface area contributed by atoms with Crippen LogP contribution in [0.4, 0.5) is 0 Å². The Kier molecular flexibility index (Phi) is 5.54. The molecule has 0 aliphatic heterocycles. The summed E-state index contributed by atoms with van der Waals surface area (Å²) < 4.78 is 0. The van der Waals surface area contributed by atoms with Gasteiger partial charge in [-0.15, -0.1) is 0 Å². The number of rotatable bonds is 8. The molecule has 1 atom stereocenters. The van der Waals surface area contributed by atoms with Gasteiger partial charge in [-0.25, -0.2) is 4.79 Å². The molecule has 1 fully saturated rings. The van der Waals surface area contributed by atoms with Gasteiger partial charge in [0, 0.05) is 18.0 Å². The van der Waals surface area contributed by atoms with Crippen molar-refractivity contribution < 1.29 is 19.5 Å². The van der Waals surface area contributed by atoms with E-state index in [-0.39, 0.29) is 24.8 Å². The molecule has 0 heterocycles. The third kappa shape index (κ3) is 4.53. The summed E-state index contributed by atoms with van der Waals surface area (Å²) >= 11 is 0. The van der Waals surface area contributed by atoms with Crippen molar-refractivity contribution in [2.24, 2.45) is 5.73 Å². The van der Waals surface area contributed by atoms with Gasteiger partial charge in [-0.2, -0.15) is 0 Å². The molecule has 2 aromatic carbocycles. The molecule has 0 saturated heterocycles. The highest BCUT2D eigenvalue weighted by atomic mass is 16.4. The lowest BCUT2D eigenvalue weighted by Gasteiger charge is -2.29. The van der Waals surface area contributed by atoms with Gasteiger partial charge in [0.15, 0.2) is 0 Å². The van der Waals surface area contributed by atoms with Gasteiger partial charge in [-0.1, -0.05) is 42.5 Å². The molecule has 1 aliphatic carbocycles. The predicted molar refractivity (Wildman–Crippen MR) is 101 cm³/mol. The number of aliphatic carboxylic acids is 1. The van der Waals surface area contributed by atoms with Gasteiger partial charge in [0.05, 0.1) is 0 Å². The molecular formula is C21H22N2O4. The Balaban J connectivity index is 1.82. The van der Waals surface area contributed by atoms with Crippen LogP contribution < -0.4 is 5.73 Å². The fraction of sp³-hybridized carbons (Fsp3) is 0.286. The molecule has 0 unspecified atom stereocenters. The number of carbonyl (C=O) groups excluding carboxylic acids is 2. The summed E-state index contributed by atoms with van der Waals surface area (Å²) in [5.41, 5.74) is 7.62. The quantitative estimate of drug-likeness (QED) is 0.750. The summed E-state index contributed by atoms with van der Waals surface area (Å²) in [5, 5.41) is 9.58. The summed E-state index contributed by atoms with van der Waals surface area (Å²) in [4.78, 5) is 37.2. The Morgan fingerprint density at radius 3 is 2.11 bits per heavy atom. The first-order chi connectivity index (χ1) is 13.0. The van der Waals surface area contributed by atoms with Crippen molar-refractivity contribution in [3.05, 3.63) is 60.2 Å². The number of carboxylic acids is 1. The third-order valence-corrected chi connectivity index (χ3v) is 4.70. The van der Waals surface area contributed by atoms with Gasteiger partial charge >= 0.3 is 5.97 Å². The first-order valence-corrected chi connectivity index (χ1v) is 8.96. The summed E-state index contributed by atoms with van der Waals surface area (Å²) in [5.74, 6) is -2.01. The van der Waals surface area contributed by atoms with Crippen LogP contribution in [-0.4, -0.2) is 39.9 Å². The van der Waals surface area contributed by atoms with Gasteiger partial charge in [0.2, 0.25) is 5.91 Å². The van der Waals surface area contributed by atoms with E-state index in [4.69, 9.17) is 5.73 Å². The van der Waals surface area contributed by atoms with Crippen LogP contribution in [0.5, 0.6) is 0 Å². The molecule has 2 aromatic rings. The number of hydrogen-bond donors (Lipinski definition) is 2. The first kappa shape index (κ1) is 18.6. The molecule has 3 rings (SSSR count).